The second kappa shape index (κ2) is 5.76. The predicted octanol–water partition coefficient (Wildman–Crippen LogP) is 2.51. The number of hydrogen-bond donors (Lipinski definition) is 1. The van der Waals surface area contributed by atoms with Crippen LogP contribution >= 0.6 is 0 Å². The molecular weight excluding hydrogens is 299 g/mol. The van der Waals surface area contributed by atoms with Crippen molar-refractivity contribution in [1.29, 1.82) is 0 Å². The fourth-order valence-electron chi connectivity index (χ4n) is 3.56. The van der Waals surface area contributed by atoms with Crippen LogP contribution in [-0.2, 0) is 4.79 Å². The summed E-state index contributed by atoms with van der Waals surface area (Å²) in [6.45, 7) is 1.51. The fraction of sp³-hybridized carbons (Fsp3) is 0.471. The number of halogens is 1. The van der Waals surface area contributed by atoms with Crippen molar-refractivity contribution in [2.24, 2.45) is 5.92 Å². The van der Waals surface area contributed by atoms with Crippen molar-refractivity contribution in [3.8, 4) is 0 Å². The molecule has 122 valence electrons. The Labute approximate surface area is 133 Å². The van der Waals surface area contributed by atoms with E-state index in [1.807, 2.05) is 6.92 Å². The molecule has 6 heteroatoms. The minimum absolute atomic E-state index is 0.0289. The lowest BCUT2D eigenvalue weighted by molar-refractivity contribution is -0.133. The molecule has 1 aromatic rings. The smallest absolute Gasteiger partial charge is 0.323 e. The number of nitrogens with one attached hydrogen (secondary N) is 1. The zero-order chi connectivity index (χ0) is 16.6. The molecule has 2 aliphatic rings. The highest BCUT2D eigenvalue weighted by Gasteiger charge is 2.55. The molecule has 23 heavy (non-hydrogen) atoms. The van der Waals surface area contributed by atoms with E-state index in [4.69, 9.17) is 0 Å². The van der Waals surface area contributed by atoms with Crippen molar-refractivity contribution < 1.29 is 18.8 Å². The van der Waals surface area contributed by atoms with Crippen molar-refractivity contribution in [3.05, 3.63) is 35.6 Å². The lowest BCUT2D eigenvalue weighted by atomic mass is 9.73. The summed E-state index contributed by atoms with van der Waals surface area (Å²) in [6, 6.07) is 5.01. The number of carbonyl (C=O) groups is 3. The zero-order valence-electron chi connectivity index (χ0n) is 13.0. The summed E-state index contributed by atoms with van der Waals surface area (Å²) in [7, 11) is 0. The maximum Gasteiger partial charge on any atom is 0.325 e. The molecule has 1 spiro atoms. The van der Waals surface area contributed by atoms with E-state index < -0.39 is 29.7 Å². The Bertz CT molecular complexity index is 676. The van der Waals surface area contributed by atoms with Crippen LogP contribution in [0.4, 0.5) is 9.18 Å². The molecule has 2 fully saturated rings. The molecule has 1 aliphatic heterocycles. The largest absolute Gasteiger partial charge is 0.325 e. The minimum atomic E-state index is -0.898. The van der Waals surface area contributed by atoms with Gasteiger partial charge in [0.25, 0.3) is 5.91 Å². The maximum absolute atomic E-state index is 13.7. The van der Waals surface area contributed by atoms with Crippen molar-refractivity contribution in [2.75, 3.05) is 6.54 Å². The van der Waals surface area contributed by atoms with E-state index in [0.717, 1.165) is 24.2 Å². The number of imide groups is 1. The Hall–Kier alpha value is -2.24. The molecule has 1 saturated heterocycles. The van der Waals surface area contributed by atoms with Gasteiger partial charge in [-0.2, -0.15) is 0 Å². The highest BCUT2D eigenvalue weighted by molar-refractivity contribution is 6.11. The Morgan fingerprint density at radius 1 is 1.35 bits per heavy atom. The Balaban J connectivity index is 1.81. The number of hydrogen-bond acceptors (Lipinski definition) is 3. The first-order valence-corrected chi connectivity index (χ1v) is 7.87. The first kappa shape index (κ1) is 15.6. The summed E-state index contributed by atoms with van der Waals surface area (Å²) < 4.78 is 13.7. The van der Waals surface area contributed by atoms with E-state index in [1.54, 1.807) is 6.07 Å². The molecule has 3 amide bonds. The molecule has 1 aromatic carbocycles. The summed E-state index contributed by atoms with van der Waals surface area (Å²) in [5, 5.41) is 2.78. The van der Waals surface area contributed by atoms with Crippen LogP contribution in [0.2, 0.25) is 0 Å². The van der Waals surface area contributed by atoms with Crippen LogP contribution in [0.25, 0.3) is 0 Å². The molecule has 2 atom stereocenters. The SMILES string of the molecule is C[C@@H]1CCCC[C@]12NC(=O)N(CC(=O)c1ccccc1F)C2=O. The van der Waals surface area contributed by atoms with Crippen LogP contribution in [0.5, 0.6) is 0 Å². The average Bonchev–Trinajstić information content (AvgIpc) is 2.76. The molecular formula is C17H19FN2O3. The Morgan fingerprint density at radius 3 is 2.78 bits per heavy atom. The van der Waals surface area contributed by atoms with Crippen LogP contribution < -0.4 is 5.32 Å². The second-order valence-corrected chi connectivity index (χ2v) is 6.34. The van der Waals surface area contributed by atoms with Gasteiger partial charge in [-0.15, -0.1) is 0 Å². The normalized spacial score (nSPS) is 27.4. The van der Waals surface area contributed by atoms with Gasteiger partial charge in [0.1, 0.15) is 11.4 Å². The standard InChI is InChI=1S/C17H19FN2O3/c1-11-6-4-5-9-17(11)15(22)20(16(23)19-17)10-14(21)12-7-2-3-8-13(12)18/h2-3,7-8,11H,4-6,9-10H2,1H3,(H,19,23)/t11-,17+/m1/s1. The Morgan fingerprint density at radius 2 is 2.09 bits per heavy atom. The second-order valence-electron chi connectivity index (χ2n) is 6.34. The lowest BCUT2D eigenvalue weighted by Crippen LogP contribution is -2.54. The Kier molecular flexibility index (Phi) is 3.92. The van der Waals surface area contributed by atoms with E-state index in [1.165, 1.54) is 18.2 Å². The van der Waals surface area contributed by atoms with Crippen molar-refractivity contribution >= 4 is 17.7 Å². The third-order valence-corrected chi connectivity index (χ3v) is 4.98. The van der Waals surface area contributed by atoms with Crippen LogP contribution in [0, 0.1) is 11.7 Å². The first-order chi connectivity index (χ1) is 11.0. The molecule has 1 saturated carbocycles. The number of ketones is 1. The maximum atomic E-state index is 13.7. The highest BCUT2D eigenvalue weighted by atomic mass is 19.1. The number of urea groups is 1. The topological polar surface area (TPSA) is 66.5 Å². The van der Waals surface area contributed by atoms with E-state index >= 15 is 0 Å². The summed E-state index contributed by atoms with van der Waals surface area (Å²) in [4.78, 5) is 38.1. The van der Waals surface area contributed by atoms with Crippen LogP contribution in [0.15, 0.2) is 24.3 Å². The molecule has 1 aliphatic carbocycles. The summed E-state index contributed by atoms with van der Waals surface area (Å²) in [5.74, 6) is -1.56. The van der Waals surface area contributed by atoms with Crippen molar-refractivity contribution in [1.82, 2.24) is 10.2 Å². The van der Waals surface area contributed by atoms with Gasteiger partial charge in [0.2, 0.25) is 0 Å². The van der Waals surface area contributed by atoms with Gasteiger partial charge in [0.05, 0.1) is 12.1 Å². The monoisotopic (exact) mass is 318 g/mol. The molecule has 5 nitrogen and oxygen atoms in total. The van der Waals surface area contributed by atoms with Crippen LogP contribution in [-0.4, -0.2) is 34.7 Å². The number of rotatable bonds is 3. The summed E-state index contributed by atoms with van der Waals surface area (Å²) >= 11 is 0. The van der Waals surface area contributed by atoms with Gasteiger partial charge in [0.15, 0.2) is 5.78 Å². The predicted molar refractivity (Wildman–Crippen MR) is 81.3 cm³/mol. The van der Waals surface area contributed by atoms with E-state index in [-0.39, 0.29) is 17.4 Å². The number of carbonyl (C=O) groups excluding carboxylic acids is 3. The van der Waals surface area contributed by atoms with Crippen molar-refractivity contribution in [2.45, 2.75) is 38.1 Å². The van der Waals surface area contributed by atoms with Gasteiger partial charge in [-0.05, 0) is 30.9 Å². The molecule has 0 radical (unpaired) electrons. The molecule has 3 rings (SSSR count). The van der Waals surface area contributed by atoms with Crippen LogP contribution in [0.3, 0.4) is 0 Å². The molecule has 1 heterocycles. The van der Waals surface area contributed by atoms with Gasteiger partial charge < -0.3 is 5.32 Å². The van der Waals surface area contributed by atoms with Gasteiger partial charge in [-0.25, -0.2) is 9.18 Å². The third kappa shape index (κ3) is 2.52. The highest BCUT2D eigenvalue weighted by Crippen LogP contribution is 2.38. The molecule has 0 unspecified atom stereocenters. The molecule has 1 N–H and O–H groups in total. The number of nitrogens with zero attached hydrogens (tertiary/aromatic N) is 1. The fourth-order valence-corrected chi connectivity index (χ4v) is 3.56. The summed E-state index contributed by atoms with van der Waals surface area (Å²) in [6.07, 6.45) is 3.34. The lowest BCUT2D eigenvalue weighted by Gasteiger charge is -2.36. The van der Waals surface area contributed by atoms with Gasteiger partial charge >= 0.3 is 6.03 Å². The number of benzene rings is 1. The van der Waals surface area contributed by atoms with E-state index in [9.17, 15) is 18.8 Å². The van der Waals surface area contributed by atoms with Gasteiger partial charge in [0, 0.05) is 0 Å². The first-order valence-electron chi connectivity index (χ1n) is 7.87. The van der Waals surface area contributed by atoms with Crippen molar-refractivity contribution in [3.63, 3.8) is 0 Å². The minimum Gasteiger partial charge on any atom is -0.323 e. The quantitative estimate of drug-likeness (QED) is 0.688. The summed E-state index contributed by atoms with van der Waals surface area (Å²) in [5.41, 5.74) is -1.00. The molecule has 0 bridgehead atoms. The van der Waals surface area contributed by atoms with Crippen LogP contribution in [0.1, 0.15) is 43.0 Å². The molecule has 0 aromatic heterocycles. The van der Waals surface area contributed by atoms with E-state index in [0.29, 0.717) is 6.42 Å². The van der Waals surface area contributed by atoms with Gasteiger partial charge in [-0.3, -0.25) is 14.5 Å². The number of amides is 3. The average molecular weight is 318 g/mol. The number of Topliss-reactive ketones (excluding diaryl/α,β-unsaturated/α-hetero) is 1. The zero-order valence-corrected chi connectivity index (χ0v) is 13.0. The third-order valence-electron chi connectivity index (χ3n) is 4.98. The van der Waals surface area contributed by atoms with Gasteiger partial charge in [-0.1, -0.05) is 31.9 Å². The van der Waals surface area contributed by atoms with E-state index in [2.05, 4.69) is 5.32 Å².